The molecule has 0 aliphatic rings. The van der Waals surface area contributed by atoms with Crippen molar-refractivity contribution in [1.29, 1.82) is 0 Å². The Balaban J connectivity index is 2.21. The maximum absolute atomic E-state index is 13.1. The Bertz CT molecular complexity index is 1010. The number of hydrogen-bond donors (Lipinski definition) is 7. The number of carbonyl (C=O) groups is 5. The van der Waals surface area contributed by atoms with Crippen LogP contribution < -0.4 is 21.7 Å². The minimum atomic E-state index is -1.48. The molecule has 0 saturated heterocycles. The lowest BCUT2D eigenvalue weighted by Crippen LogP contribution is -2.57. The molecule has 35 heavy (non-hydrogen) atoms. The standard InChI is InChI=1S/C22H28N6O7/c23-10-18(29)26-16(8-13-4-2-1-3-5-13)20(32)28-17(9-14-11-24-12-25-14)21(33)27-15(22(34)35)6-7-19(30)31/h1-5,11-12,15-17H,6-10,23H2,(H,24,25)(H,26,29)(H,27,33)(H,28,32)(H,30,31)(H,34,35). The second-order valence-electron chi connectivity index (χ2n) is 7.69. The number of carboxylic acids is 2. The van der Waals surface area contributed by atoms with Crippen molar-refractivity contribution in [3.63, 3.8) is 0 Å². The van der Waals surface area contributed by atoms with E-state index < -0.39 is 54.2 Å². The van der Waals surface area contributed by atoms with Crippen LogP contribution in [-0.2, 0) is 36.8 Å². The number of nitrogens with two attached hydrogens (primary N) is 1. The molecule has 0 radical (unpaired) electrons. The molecule has 0 bridgehead atoms. The predicted octanol–water partition coefficient (Wildman–Crippen LogP) is -1.44. The molecule has 2 aromatic rings. The van der Waals surface area contributed by atoms with Crippen LogP contribution in [0.4, 0.5) is 0 Å². The average molecular weight is 489 g/mol. The van der Waals surface area contributed by atoms with E-state index in [1.807, 2.05) is 0 Å². The smallest absolute Gasteiger partial charge is 0.326 e. The van der Waals surface area contributed by atoms with Crippen LogP contribution in [0.1, 0.15) is 24.1 Å². The van der Waals surface area contributed by atoms with Crippen LogP contribution >= 0.6 is 0 Å². The maximum Gasteiger partial charge on any atom is 0.326 e. The van der Waals surface area contributed by atoms with Crippen LogP contribution in [0.3, 0.4) is 0 Å². The third kappa shape index (κ3) is 9.25. The summed E-state index contributed by atoms with van der Waals surface area (Å²) in [5.41, 5.74) is 6.60. The summed E-state index contributed by atoms with van der Waals surface area (Å²) in [6, 6.07) is 5.09. The molecule has 13 nitrogen and oxygen atoms in total. The number of aliphatic carboxylic acids is 2. The van der Waals surface area contributed by atoms with Gasteiger partial charge in [-0.15, -0.1) is 0 Å². The number of aromatic amines is 1. The average Bonchev–Trinajstić information content (AvgIpc) is 3.34. The molecular weight excluding hydrogens is 460 g/mol. The first-order chi connectivity index (χ1) is 16.7. The van der Waals surface area contributed by atoms with Crippen molar-refractivity contribution >= 4 is 29.7 Å². The molecule has 188 valence electrons. The number of rotatable bonds is 14. The second kappa shape index (κ2) is 13.4. The van der Waals surface area contributed by atoms with Gasteiger partial charge >= 0.3 is 11.9 Å². The first-order valence-electron chi connectivity index (χ1n) is 10.8. The van der Waals surface area contributed by atoms with Crippen LogP contribution in [0, 0.1) is 0 Å². The van der Waals surface area contributed by atoms with Gasteiger partial charge in [0.1, 0.15) is 18.1 Å². The van der Waals surface area contributed by atoms with Gasteiger partial charge in [0.05, 0.1) is 12.9 Å². The second-order valence-corrected chi connectivity index (χ2v) is 7.69. The molecule has 0 fully saturated rings. The van der Waals surface area contributed by atoms with E-state index >= 15 is 0 Å². The van der Waals surface area contributed by atoms with Crippen LogP contribution in [-0.4, -0.2) is 74.5 Å². The lowest BCUT2D eigenvalue weighted by molar-refractivity contribution is -0.143. The number of carboxylic acid groups (broad SMARTS) is 2. The largest absolute Gasteiger partial charge is 0.481 e. The molecule has 8 N–H and O–H groups in total. The summed E-state index contributed by atoms with van der Waals surface area (Å²) in [6.07, 6.45) is 2.05. The topological polar surface area (TPSA) is 217 Å². The maximum atomic E-state index is 13.1. The van der Waals surface area contributed by atoms with Gasteiger partial charge < -0.3 is 36.9 Å². The van der Waals surface area contributed by atoms with Gasteiger partial charge in [-0.25, -0.2) is 9.78 Å². The van der Waals surface area contributed by atoms with Crippen LogP contribution in [0.2, 0.25) is 0 Å². The van der Waals surface area contributed by atoms with Crippen molar-refractivity contribution in [3.05, 3.63) is 54.1 Å². The van der Waals surface area contributed by atoms with E-state index in [2.05, 4.69) is 25.9 Å². The van der Waals surface area contributed by atoms with Gasteiger partial charge in [0, 0.05) is 31.2 Å². The molecule has 1 aromatic heterocycles. The summed E-state index contributed by atoms with van der Waals surface area (Å²) in [5.74, 6) is -4.73. The van der Waals surface area contributed by atoms with E-state index in [0.717, 1.165) is 5.56 Å². The van der Waals surface area contributed by atoms with Gasteiger partial charge in [0.15, 0.2) is 0 Å². The monoisotopic (exact) mass is 488 g/mol. The number of aromatic nitrogens is 2. The number of H-pyrrole nitrogens is 1. The molecule has 0 aliphatic heterocycles. The number of nitrogens with zero attached hydrogens (tertiary/aromatic N) is 1. The lowest BCUT2D eigenvalue weighted by Gasteiger charge is -2.24. The van der Waals surface area contributed by atoms with E-state index in [-0.39, 0.29) is 25.8 Å². The fraction of sp³-hybridized carbons (Fsp3) is 0.364. The minimum Gasteiger partial charge on any atom is -0.481 e. The molecule has 1 heterocycles. The Kier molecular flexibility index (Phi) is 10.4. The third-order valence-corrected chi connectivity index (χ3v) is 4.99. The fourth-order valence-corrected chi connectivity index (χ4v) is 3.21. The van der Waals surface area contributed by atoms with Gasteiger partial charge in [-0.05, 0) is 12.0 Å². The van der Waals surface area contributed by atoms with E-state index in [1.165, 1.54) is 12.5 Å². The number of carbonyl (C=O) groups excluding carboxylic acids is 3. The summed E-state index contributed by atoms with van der Waals surface area (Å²) < 4.78 is 0. The van der Waals surface area contributed by atoms with Gasteiger partial charge in [-0.1, -0.05) is 30.3 Å². The zero-order chi connectivity index (χ0) is 25.8. The number of imidazole rings is 1. The van der Waals surface area contributed by atoms with Gasteiger partial charge in [0.2, 0.25) is 17.7 Å². The SMILES string of the molecule is NCC(=O)NC(Cc1ccccc1)C(=O)NC(Cc1cnc[nH]1)C(=O)NC(CCC(=O)O)C(=O)O. The Morgan fingerprint density at radius 3 is 2.09 bits per heavy atom. The van der Waals surface area contributed by atoms with Crippen molar-refractivity contribution in [2.75, 3.05) is 6.54 Å². The van der Waals surface area contributed by atoms with Crippen molar-refractivity contribution in [1.82, 2.24) is 25.9 Å². The first-order valence-corrected chi connectivity index (χ1v) is 10.8. The molecule has 2 rings (SSSR count). The Morgan fingerprint density at radius 2 is 1.54 bits per heavy atom. The molecule has 3 unspecified atom stereocenters. The van der Waals surface area contributed by atoms with Gasteiger partial charge in [-0.3, -0.25) is 19.2 Å². The fourth-order valence-electron chi connectivity index (χ4n) is 3.21. The Labute approximate surface area is 200 Å². The third-order valence-electron chi connectivity index (χ3n) is 4.99. The number of nitrogens with one attached hydrogen (secondary N) is 4. The normalized spacial score (nSPS) is 13.2. The number of hydrogen-bond acceptors (Lipinski definition) is 7. The molecule has 3 amide bonds. The first kappa shape index (κ1) is 27.0. The molecule has 1 aromatic carbocycles. The van der Waals surface area contributed by atoms with E-state index in [1.54, 1.807) is 30.3 Å². The summed E-state index contributed by atoms with van der Waals surface area (Å²) in [4.78, 5) is 67.0. The lowest BCUT2D eigenvalue weighted by atomic mass is 10.0. The van der Waals surface area contributed by atoms with Crippen molar-refractivity contribution in [2.24, 2.45) is 5.73 Å². The Hall–Kier alpha value is -4.26. The molecular formula is C22H28N6O7. The zero-order valence-corrected chi connectivity index (χ0v) is 18.8. The summed E-state index contributed by atoms with van der Waals surface area (Å²) in [5, 5.41) is 25.5. The van der Waals surface area contributed by atoms with Crippen LogP contribution in [0.5, 0.6) is 0 Å². The minimum absolute atomic E-state index is 0.0638. The summed E-state index contributed by atoms with van der Waals surface area (Å²) >= 11 is 0. The number of benzene rings is 1. The van der Waals surface area contributed by atoms with Crippen molar-refractivity contribution in [3.8, 4) is 0 Å². The van der Waals surface area contributed by atoms with E-state index in [0.29, 0.717) is 5.69 Å². The predicted molar refractivity (Wildman–Crippen MR) is 122 cm³/mol. The highest BCUT2D eigenvalue weighted by atomic mass is 16.4. The zero-order valence-electron chi connectivity index (χ0n) is 18.8. The summed E-state index contributed by atoms with van der Waals surface area (Å²) in [7, 11) is 0. The molecule has 3 atom stereocenters. The highest BCUT2D eigenvalue weighted by Crippen LogP contribution is 2.07. The van der Waals surface area contributed by atoms with Crippen LogP contribution in [0.25, 0.3) is 0 Å². The van der Waals surface area contributed by atoms with Crippen molar-refractivity contribution in [2.45, 2.75) is 43.8 Å². The van der Waals surface area contributed by atoms with E-state index in [4.69, 9.17) is 10.8 Å². The highest BCUT2D eigenvalue weighted by molar-refractivity contribution is 5.94. The summed E-state index contributed by atoms with van der Waals surface area (Å²) in [6.45, 7) is -0.347. The molecule has 0 spiro atoms. The highest BCUT2D eigenvalue weighted by Gasteiger charge is 2.30. The van der Waals surface area contributed by atoms with E-state index in [9.17, 15) is 29.1 Å². The molecule has 13 heteroatoms. The van der Waals surface area contributed by atoms with Crippen LogP contribution in [0.15, 0.2) is 42.9 Å². The molecule has 0 saturated carbocycles. The Morgan fingerprint density at radius 1 is 0.914 bits per heavy atom. The van der Waals surface area contributed by atoms with Gasteiger partial charge in [0.25, 0.3) is 0 Å². The van der Waals surface area contributed by atoms with Crippen molar-refractivity contribution < 1.29 is 34.2 Å². The number of amides is 3. The molecule has 0 aliphatic carbocycles. The van der Waals surface area contributed by atoms with Gasteiger partial charge in [-0.2, -0.15) is 0 Å². The quantitative estimate of drug-likeness (QED) is 0.165.